The monoisotopic (exact) mass is 340 g/mol. The average Bonchev–Trinajstić information content (AvgIpc) is 3.02. The molecule has 2 aromatic carbocycles. The Morgan fingerprint density at radius 3 is 2.84 bits per heavy atom. The Balaban J connectivity index is 1.71. The molecule has 2 unspecified atom stereocenters. The summed E-state index contributed by atoms with van der Waals surface area (Å²) < 4.78 is 5.38. The third-order valence-corrected chi connectivity index (χ3v) is 4.67. The molecule has 0 saturated carbocycles. The summed E-state index contributed by atoms with van der Waals surface area (Å²) in [6.45, 7) is 2.72. The van der Waals surface area contributed by atoms with Crippen molar-refractivity contribution < 1.29 is 14.6 Å². The number of benzene rings is 2. The van der Waals surface area contributed by atoms with E-state index >= 15 is 0 Å². The zero-order valence-electron chi connectivity index (χ0n) is 14.6. The van der Waals surface area contributed by atoms with E-state index in [1.165, 1.54) is 0 Å². The molecule has 5 heteroatoms. The van der Waals surface area contributed by atoms with Gasteiger partial charge in [0.15, 0.2) is 0 Å². The summed E-state index contributed by atoms with van der Waals surface area (Å²) in [5.41, 5.74) is 2.75. The topological polar surface area (TPSA) is 61.8 Å². The first-order valence-corrected chi connectivity index (χ1v) is 8.54. The molecule has 1 heterocycles. The van der Waals surface area contributed by atoms with Crippen molar-refractivity contribution in [3.8, 4) is 5.75 Å². The van der Waals surface area contributed by atoms with Crippen LogP contribution in [0.25, 0.3) is 0 Å². The number of nitrogens with one attached hydrogen (secondary N) is 1. The van der Waals surface area contributed by atoms with Gasteiger partial charge in [0.2, 0.25) is 5.91 Å². The SMILES string of the molecule is COc1ccccc1N1CCC(NC(C)c2cccc(CO)c2)C1=O. The summed E-state index contributed by atoms with van der Waals surface area (Å²) in [7, 11) is 1.62. The molecule has 0 aromatic heterocycles. The van der Waals surface area contributed by atoms with Gasteiger partial charge in [-0.2, -0.15) is 0 Å². The molecular weight excluding hydrogens is 316 g/mol. The maximum Gasteiger partial charge on any atom is 0.244 e. The average molecular weight is 340 g/mol. The van der Waals surface area contributed by atoms with E-state index in [0.29, 0.717) is 12.3 Å². The molecule has 0 radical (unpaired) electrons. The highest BCUT2D eigenvalue weighted by atomic mass is 16.5. The maximum absolute atomic E-state index is 12.8. The van der Waals surface area contributed by atoms with Crippen LogP contribution >= 0.6 is 0 Å². The summed E-state index contributed by atoms with van der Waals surface area (Å²) in [4.78, 5) is 14.6. The second-order valence-corrected chi connectivity index (χ2v) is 6.29. The summed E-state index contributed by atoms with van der Waals surface area (Å²) in [5, 5.41) is 12.7. The van der Waals surface area contributed by atoms with Crippen LogP contribution in [0.2, 0.25) is 0 Å². The van der Waals surface area contributed by atoms with Crippen LogP contribution in [-0.4, -0.2) is 30.7 Å². The Bertz CT molecular complexity index is 747. The number of nitrogens with zero attached hydrogens (tertiary/aromatic N) is 1. The minimum absolute atomic E-state index is 0.0184. The van der Waals surface area contributed by atoms with Crippen LogP contribution in [0.15, 0.2) is 48.5 Å². The fourth-order valence-corrected chi connectivity index (χ4v) is 3.29. The molecule has 5 nitrogen and oxygen atoms in total. The normalized spacial score (nSPS) is 18.4. The minimum atomic E-state index is -0.224. The van der Waals surface area contributed by atoms with Crippen LogP contribution in [-0.2, 0) is 11.4 Å². The van der Waals surface area contributed by atoms with Gasteiger partial charge in [0.05, 0.1) is 25.4 Å². The lowest BCUT2D eigenvalue weighted by Gasteiger charge is -2.22. The van der Waals surface area contributed by atoms with Crippen LogP contribution in [0, 0.1) is 0 Å². The largest absolute Gasteiger partial charge is 0.495 e. The number of ether oxygens (including phenoxy) is 1. The first-order valence-electron chi connectivity index (χ1n) is 8.54. The molecule has 2 N–H and O–H groups in total. The summed E-state index contributed by atoms with van der Waals surface area (Å²) >= 11 is 0. The molecule has 1 aliphatic heterocycles. The van der Waals surface area contributed by atoms with Crippen LogP contribution in [0.1, 0.15) is 30.5 Å². The number of amides is 1. The number of carbonyl (C=O) groups excluding carboxylic acids is 1. The highest BCUT2D eigenvalue weighted by Gasteiger charge is 2.34. The number of hydrogen-bond donors (Lipinski definition) is 2. The van der Waals surface area contributed by atoms with E-state index in [0.717, 1.165) is 23.2 Å². The molecule has 1 saturated heterocycles. The van der Waals surface area contributed by atoms with Gasteiger partial charge in [-0.1, -0.05) is 36.4 Å². The predicted octanol–water partition coefficient (Wildman–Crippen LogP) is 2.64. The third-order valence-electron chi connectivity index (χ3n) is 4.67. The van der Waals surface area contributed by atoms with Gasteiger partial charge < -0.3 is 14.7 Å². The Morgan fingerprint density at radius 1 is 1.28 bits per heavy atom. The molecule has 2 atom stereocenters. The van der Waals surface area contributed by atoms with E-state index in [1.54, 1.807) is 12.0 Å². The van der Waals surface area contributed by atoms with Crippen molar-refractivity contribution >= 4 is 11.6 Å². The van der Waals surface area contributed by atoms with Crippen LogP contribution in [0.4, 0.5) is 5.69 Å². The van der Waals surface area contributed by atoms with Gasteiger partial charge in [-0.25, -0.2) is 0 Å². The lowest BCUT2D eigenvalue weighted by molar-refractivity contribution is -0.119. The fourth-order valence-electron chi connectivity index (χ4n) is 3.29. The van der Waals surface area contributed by atoms with Gasteiger partial charge in [0.1, 0.15) is 5.75 Å². The van der Waals surface area contributed by atoms with Crippen molar-refractivity contribution in [2.24, 2.45) is 0 Å². The van der Waals surface area contributed by atoms with Crippen LogP contribution in [0.5, 0.6) is 5.75 Å². The molecule has 25 heavy (non-hydrogen) atoms. The molecule has 1 fully saturated rings. The second-order valence-electron chi connectivity index (χ2n) is 6.29. The zero-order chi connectivity index (χ0) is 17.8. The quantitative estimate of drug-likeness (QED) is 0.849. The lowest BCUT2D eigenvalue weighted by atomic mass is 10.0. The number of rotatable bonds is 6. The molecule has 0 bridgehead atoms. The van der Waals surface area contributed by atoms with Crippen molar-refractivity contribution in [1.82, 2.24) is 5.32 Å². The smallest absolute Gasteiger partial charge is 0.244 e. The van der Waals surface area contributed by atoms with Crippen molar-refractivity contribution in [2.45, 2.75) is 32.0 Å². The van der Waals surface area contributed by atoms with Gasteiger partial charge in [-0.3, -0.25) is 10.1 Å². The Labute approximate surface area is 148 Å². The maximum atomic E-state index is 12.8. The molecular formula is C20H24N2O3. The van der Waals surface area contributed by atoms with Gasteiger partial charge in [-0.05, 0) is 36.6 Å². The number of para-hydroxylation sites is 2. The van der Waals surface area contributed by atoms with Crippen molar-refractivity contribution in [2.75, 3.05) is 18.6 Å². The summed E-state index contributed by atoms with van der Waals surface area (Å²) in [6.07, 6.45) is 0.751. The minimum Gasteiger partial charge on any atom is -0.495 e. The molecule has 0 aliphatic carbocycles. The number of carbonyl (C=O) groups is 1. The molecule has 3 rings (SSSR count). The highest BCUT2D eigenvalue weighted by molar-refractivity contribution is 6.00. The first-order chi connectivity index (χ1) is 12.1. The highest BCUT2D eigenvalue weighted by Crippen LogP contribution is 2.31. The standard InChI is InChI=1S/C20H24N2O3/c1-14(16-7-5-6-15(12-16)13-23)21-17-10-11-22(20(17)24)18-8-3-4-9-19(18)25-2/h3-9,12,14,17,21,23H,10-11,13H2,1-2H3. The van der Waals surface area contributed by atoms with E-state index in [4.69, 9.17) is 4.74 Å². The number of methoxy groups -OCH3 is 1. The Kier molecular flexibility index (Phi) is 5.36. The Hall–Kier alpha value is -2.37. The van der Waals surface area contributed by atoms with E-state index in [-0.39, 0.29) is 24.6 Å². The van der Waals surface area contributed by atoms with Crippen LogP contribution < -0.4 is 15.0 Å². The summed E-state index contributed by atoms with van der Waals surface area (Å²) in [5.74, 6) is 0.773. The molecule has 132 valence electrons. The molecule has 0 spiro atoms. The number of aliphatic hydroxyl groups excluding tert-OH is 1. The number of hydrogen-bond acceptors (Lipinski definition) is 4. The van der Waals surface area contributed by atoms with E-state index in [2.05, 4.69) is 5.32 Å². The van der Waals surface area contributed by atoms with Gasteiger partial charge in [-0.15, -0.1) is 0 Å². The zero-order valence-corrected chi connectivity index (χ0v) is 14.6. The van der Waals surface area contributed by atoms with Gasteiger partial charge >= 0.3 is 0 Å². The van der Waals surface area contributed by atoms with Gasteiger partial charge in [0, 0.05) is 12.6 Å². The van der Waals surface area contributed by atoms with Crippen LogP contribution in [0.3, 0.4) is 0 Å². The second kappa shape index (κ2) is 7.68. The van der Waals surface area contributed by atoms with Crippen molar-refractivity contribution in [1.29, 1.82) is 0 Å². The molecule has 1 amide bonds. The van der Waals surface area contributed by atoms with E-state index < -0.39 is 0 Å². The third kappa shape index (κ3) is 3.67. The van der Waals surface area contributed by atoms with Crippen molar-refractivity contribution in [3.63, 3.8) is 0 Å². The number of anilines is 1. The fraction of sp³-hybridized carbons (Fsp3) is 0.350. The molecule has 1 aliphatic rings. The predicted molar refractivity (Wildman–Crippen MR) is 97.7 cm³/mol. The van der Waals surface area contributed by atoms with E-state index in [1.807, 2.05) is 55.5 Å². The number of aliphatic hydroxyl groups is 1. The van der Waals surface area contributed by atoms with Crippen molar-refractivity contribution in [3.05, 3.63) is 59.7 Å². The van der Waals surface area contributed by atoms with Gasteiger partial charge in [0.25, 0.3) is 0 Å². The first kappa shape index (κ1) is 17.5. The molecule has 2 aromatic rings. The van der Waals surface area contributed by atoms with E-state index in [9.17, 15) is 9.90 Å². The Morgan fingerprint density at radius 2 is 2.08 bits per heavy atom. The lowest BCUT2D eigenvalue weighted by Crippen LogP contribution is -2.39. The summed E-state index contributed by atoms with van der Waals surface area (Å²) in [6, 6.07) is 15.2.